The van der Waals surface area contributed by atoms with Crippen molar-refractivity contribution in [1.29, 1.82) is 0 Å². The van der Waals surface area contributed by atoms with Gasteiger partial charge in [-0.1, -0.05) is 6.92 Å². The van der Waals surface area contributed by atoms with Crippen molar-refractivity contribution in [2.75, 3.05) is 11.9 Å². The van der Waals surface area contributed by atoms with E-state index < -0.39 is 16.1 Å². The largest absolute Gasteiger partial charge is 0.368 e. The van der Waals surface area contributed by atoms with Crippen LogP contribution >= 0.6 is 0 Å². The van der Waals surface area contributed by atoms with Gasteiger partial charge in [0.15, 0.2) is 0 Å². The zero-order valence-electron chi connectivity index (χ0n) is 12.8. The number of nitrogens with one attached hydrogen (secondary N) is 2. The smallest absolute Gasteiger partial charge is 0.253 e. The number of carbonyl (C=O) groups excluding carboxylic acids is 1. The van der Waals surface area contributed by atoms with Crippen LogP contribution in [0.5, 0.6) is 0 Å². The lowest BCUT2D eigenvalue weighted by Crippen LogP contribution is -2.32. The van der Waals surface area contributed by atoms with Crippen molar-refractivity contribution in [3.8, 4) is 0 Å². The SMILES string of the molecule is CC[C@@H](C)NS(=O)(=O)c1ccc(NC(=O)[C@H]2CCCO2)cc1. The van der Waals surface area contributed by atoms with Crippen LogP contribution in [0.3, 0.4) is 0 Å². The van der Waals surface area contributed by atoms with E-state index in [0.717, 1.165) is 19.3 Å². The summed E-state index contributed by atoms with van der Waals surface area (Å²) in [5.41, 5.74) is 0.558. The van der Waals surface area contributed by atoms with Gasteiger partial charge in [0, 0.05) is 18.3 Å². The molecule has 0 saturated carbocycles. The van der Waals surface area contributed by atoms with E-state index in [1.807, 2.05) is 13.8 Å². The Kier molecular flexibility index (Phi) is 5.55. The predicted molar refractivity (Wildman–Crippen MR) is 84.1 cm³/mol. The molecule has 1 saturated heterocycles. The molecule has 1 amide bonds. The summed E-state index contributed by atoms with van der Waals surface area (Å²) in [5.74, 6) is -0.189. The minimum Gasteiger partial charge on any atom is -0.368 e. The predicted octanol–water partition coefficient (Wildman–Crippen LogP) is 1.88. The highest BCUT2D eigenvalue weighted by Gasteiger charge is 2.23. The molecule has 1 aromatic carbocycles. The fraction of sp³-hybridized carbons (Fsp3) is 0.533. The lowest BCUT2D eigenvalue weighted by molar-refractivity contribution is -0.124. The van der Waals surface area contributed by atoms with E-state index in [9.17, 15) is 13.2 Å². The van der Waals surface area contributed by atoms with Gasteiger partial charge in [-0.2, -0.15) is 0 Å². The second-order valence-corrected chi connectivity index (χ2v) is 7.16. The molecule has 7 heteroatoms. The van der Waals surface area contributed by atoms with Gasteiger partial charge >= 0.3 is 0 Å². The van der Waals surface area contributed by atoms with Gasteiger partial charge in [0.25, 0.3) is 5.91 Å². The third-order valence-corrected chi connectivity index (χ3v) is 5.23. The van der Waals surface area contributed by atoms with Gasteiger partial charge in [-0.25, -0.2) is 13.1 Å². The lowest BCUT2D eigenvalue weighted by atomic mass is 10.2. The Morgan fingerprint density at radius 1 is 1.36 bits per heavy atom. The monoisotopic (exact) mass is 326 g/mol. The lowest BCUT2D eigenvalue weighted by Gasteiger charge is -2.13. The molecule has 0 bridgehead atoms. The number of benzene rings is 1. The van der Waals surface area contributed by atoms with Crippen LogP contribution in [0.25, 0.3) is 0 Å². The summed E-state index contributed by atoms with van der Waals surface area (Å²) >= 11 is 0. The minimum atomic E-state index is -3.52. The second kappa shape index (κ2) is 7.21. The van der Waals surface area contributed by atoms with Gasteiger partial charge in [0.05, 0.1) is 4.90 Å². The summed E-state index contributed by atoms with van der Waals surface area (Å²) < 4.78 is 32.1. The Hall–Kier alpha value is -1.44. The van der Waals surface area contributed by atoms with Gasteiger partial charge in [-0.05, 0) is 50.5 Å². The van der Waals surface area contributed by atoms with Crippen LogP contribution in [-0.4, -0.2) is 33.1 Å². The van der Waals surface area contributed by atoms with Crippen molar-refractivity contribution in [2.24, 2.45) is 0 Å². The average Bonchev–Trinajstić information content (AvgIpc) is 3.01. The molecule has 0 aromatic heterocycles. The van der Waals surface area contributed by atoms with E-state index in [1.54, 1.807) is 12.1 Å². The molecular formula is C15H22N2O4S. The summed E-state index contributed by atoms with van der Waals surface area (Å²) in [4.78, 5) is 12.1. The fourth-order valence-corrected chi connectivity index (χ4v) is 3.47. The Morgan fingerprint density at radius 3 is 2.59 bits per heavy atom. The van der Waals surface area contributed by atoms with Gasteiger partial charge in [-0.15, -0.1) is 0 Å². The van der Waals surface area contributed by atoms with Crippen molar-refractivity contribution in [1.82, 2.24) is 4.72 Å². The van der Waals surface area contributed by atoms with E-state index >= 15 is 0 Å². The van der Waals surface area contributed by atoms with Crippen LogP contribution in [0.4, 0.5) is 5.69 Å². The molecule has 2 atom stereocenters. The van der Waals surface area contributed by atoms with Crippen LogP contribution in [0.2, 0.25) is 0 Å². The Morgan fingerprint density at radius 2 is 2.05 bits per heavy atom. The van der Waals surface area contributed by atoms with E-state index in [4.69, 9.17) is 4.74 Å². The third kappa shape index (κ3) is 4.28. The molecule has 122 valence electrons. The van der Waals surface area contributed by atoms with Crippen LogP contribution in [0.1, 0.15) is 33.1 Å². The van der Waals surface area contributed by atoms with Crippen LogP contribution in [-0.2, 0) is 19.6 Å². The first kappa shape index (κ1) is 16.9. The first-order valence-electron chi connectivity index (χ1n) is 7.47. The molecule has 22 heavy (non-hydrogen) atoms. The third-order valence-electron chi connectivity index (χ3n) is 3.62. The van der Waals surface area contributed by atoms with Crippen molar-refractivity contribution in [3.63, 3.8) is 0 Å². The van der Waals surface area contributed by atoms with Crippen LogP contribution in [0.15, 0.2) is 29.2 Å². The quantitative estimate of drug-likeness (QED) is 0.836. The Bertz CT molecular complexity index is 607. The highest BCUT2D eigenvalue weighted by atomic mass is 32.2. The van der Waals surface area contributed by atoms with E-state index in [1.165, 1.54) is 12.1 Å². The standard InChI is InChI=1S/C15H22N2O4S/c1-3-11(2)17-22(19,20)13-8-6-12(7-9-13)16-15(18)14-5-4-10-21-14/h6-9,11,14,17H,3-5,10H2,1-2H3,(H,16,18)/t11-,14-/m1/s1. The van der Waals surface area contributed by atoms with Gasteiger partial charge < -0.3 is 10.1 Å². The molecule has 1 fully saturated rings. The van der Waals surface area contributed by atoms with Crippen molar-refractivity contribution < 1.29 is 17.9 Å². The number of anilines is 1. The van der Waals surface area contributed by atoms with E-state index in [-0.39, 0.29) is 16.8 Å². The van der Waals surface area contributed by atoms with Gasteiger partial charge in [0.1, 0.15) is 6.10 Å². The molecule has 2 N–H and O–H groups in total. The summed E-state index contributed by atoms with van der Waals surface area (Å²) in [5, 5.41) is 2.74. The molecular weight excluding hydrogens is 304 g/mol. The molecule has 0 unspecified atom stereocenters. The number of sulfonamides is 1. The maximum Gasteiger partial charge on any atom is 0.253 e. The zero-order valence-corrected chi connectivity index (χ0v) is 13.7. The first-order valence-corrected chi connectivity index (χ1v) is 8.95. The molecule has 2 rings (SSSR count). The van der Waals surface area contributed by atoms with Crippen LogP contribution < -0.4 is 10.0 Å². The Balaban J connectivity index is 2.02. The summed E-state index contributed by atoms with van der Waals surface area (Å²) in [6.45, 7) is 4.33. The fourth-order valence-electron chi connectivity index (χ4n) is 2.14. The molecule has 0 spiro atoms. The molecule has 1 aliphatic heterocycles. The number of amides is 1. The van der Waals surface area contributed by atoms with Gasteiger partial charge in [0.2, 0.25) is 10.0 Å². The van der Waals surface area contributed by atoms with Gasteiger partial charge in [-0.3, -0.25) is 4.79 Å². The van der Waals surface area contributed by atoms with Crippen molar-refractivity contribution >= 4 is 21.6 Å². The first-order chi connectivity index (χ1) is 10.4. The highest BCUT2D eigenvalue weighted by molar-refractivity contribution is 7.89. The Labute approximate surface area is 131 Å². The number of rotatable bonds is 6. The number of ether oxygens (including phenoxy) is 1. The maximum absolute atomic E-state index is 12.1. The average molecular weight is 326 g/mol. The topological polar surface area (TPSA) is 84.5 Å². The van der Waals surface area contributed by atoms with E-state index in [0.29, 0.717) is 12.3 Å². The molecule has 0 aliphatic carbocycles. The highest BCUT2D eigenvalue weighted by Crippen LogP contribution is 2.17. The molecule has 0 radical (unpaired) electrons. The molecule has 1 heterocycles. The number of hydrogen-bond acceptors (Lipinski definition) is 4. The summed E-state index contributed by atoms with van der Waals surface area (Å²) in [6, 6.07) is 6.01. The van der Waals surface area contributed by atoms with Crippen molar-refractivity contribution in [3.05, 3.63) is 24.3 Å². The second-order valence-electron chi connectivity index (χ2n) is 5.45. The minimum absolute atomic E-state index is 0.121. The normalized spacial score (nSPS) is 19.8. The van der Waals surface area contributed by atoms with Crippen LogP contribution in [0, 0.1) is 0 Å². The summed E-state index contributed by atoms with van der Waals surface area (Å²) in [6.07, 6.45) is 1.91. The molecule has 1 aromatic rings. The molecule has 6 nitrogen and oxygen atoms in total. The number of hydrogen-bond donors (Lipinski definition) is 2. The molecule has 1 aliphatic rings. The number of carbonyl (C=O) groups is 1. The maximum atomic E-state index is 12.1. The van der Waals surface area contributed by atoms with Crippen molar-refractivity contribution in [2.45, 2.75) is 50.2 Å². The summed E-state index contributed by atoms with van der Waals surface area (Å²) in [7, 11) is -3.52. The van der Waals surface area contributed by atoms with E-state index in [2.05, 4.69) is 10.0 Å². The zero-order chi connectivity index (χ0) is 16.2.